The molecule has 1 aliphatic rings. The zero-order chi connectivity index (χ0) is 15.2. The van der Waals surface area contributed by atoms with Crippen molar-refractivity contribution < 1.29 is 9.53 Å². The summed E-state index contributed by atoms with van der Waals surface area (Å²) in [7, 11) is 0. The third-order valence-electron chi connectivity index (χ3n) is 3.61. The zero-order valence-electron chi connectivity index (χ0n) is 12.3. The Balaban J connectivity index is 1.52. The second-order valence-corrected chi connectivity index (χ2v) is 5.29. The maximum Gasteiger partial charge on any atom is 0.237 e. The molecule has 3 rings (SSSR count). The topological polar surface area (TPSA) is 63.2 Å². The number of amides is 1. The number of rotatable bonds is 5. The fourth-order valence-corrected chi connectivity index (χ4v) is 2.41. The van der Waals surface area contributed by atoms with Crippen LogP contribution in [-0.4, -0.2) is 23.5 Å². The van der Waals surface area contributed by atoms with Gasteiger partial charge in [0.2, 0.25) is 11.8 Å². The molecule has 2 N–H and O–H groups in total. The van der Waals surface area contributed by atoms with E-state index in [0.717, 1.165) is 30.7 Å². The van der Waals surface area contributed by atoms with E-state index in [-0.39, 0.29) is 11.9 Å². The Labute approximate surface area is 129 Å². The number of carbonyl (C=O) groups is 1. The maximum absolute atomic E-state index is 11.9. The smallest absolute Gasteiger partial charge is 0.237 e. The molecule has 2 aromatic rings. The first-order valence-electron chi connectivity index (χ1n) is 7.50. The molecule has 1 aromatic carbocycles. The summed E-state index contributed by atoms with van der Waals surface area (Å²) in [6.45, 7) is 1.40. The molecule has 0 saturated carbocycles. The molecule has 0 bridgehead atoms. The minimum Gasteiger partial charge on any atom is -0.439 e. The van der Waals surface area contributed by atoms with Crippen molar-refractivity contribution in [3.63, 3.8) is 0 Å². The van der Waals surface area contributed by atoms with E-state index in [2.05, 4.69) is 15.6 Å². The SMILES string of the molecule is O=C(NCc1ccc(Oc2ccccc2)nc1)C1CCCN1. The summed E-state index contributed by atoms with van der Waals surface area (Å²) in [4.78, 5) is 16.2. The number of para-hydroxylation sites is 1. The molecule has 0 aliphatic carbocycles. The van der Waals surface area contributed by atoms with Crippen LogP contribution in [0.4, 0.5) is 0 Å². The lowest BCUT2D eigenvalue weighted by Gasteiger charge is -2.11. The van der Waals surface area contributed by atoms with Crippen LogP contribution in [0.2, 0.25) is 0 Å². The number of nitrogens with one attached hydrogen (secondary N) is 2. The normalized spacial score (nSPS) is 17.2. The van der Waals surface area contributed by atoms with Crippen LogP contribution in [0.5, 0.6) is 11.6 Å². The molecular weight excluding hydrogens is 278 g/mol. The highest BCUT2D eigenvalue weighted by atomic mass is 16.5. The monoisotopic (exact) mass is 297 g/mol. The van der Waals surface area contributed by atoms with Crippen LogP contribution >= 0.6 is 0 Å². The van der Waals surface area contributed by atoms with E-state index in [4.69, 9.17) is 4.74 Å². The fraction of sp³-hybridized carbons (Fsp3) is 0.294. The molecule has 2 heterocycles. The van der Waals surface area contributed by atoms with E-state index >= 15 is 0 Å². The molecule has 1 aliphatic heterocycles. The lowest BCUT2D eigenvalue weighted by molar-refractivity contribution is -0.122. The molecule has 0 radical (unpaired) electrons. The van der Waals surface area contributed by atoms with E-state index in [0.29, 0.717) is 12.4 Å². The average molecular weight is 297 g/mol. The van der Waals surface area contributed by atoms with Gasteiger partial charge in [-0.3, -0.25) is 4.79 Å². The molecule has 5 nitrogen and oxygen atoms in total. The molecule has 1 atom stereocenters. The van der Waals surface area contributed by atoms with Crippen molar-refractivity contribution >= 4 is 5.91 Å². The molecule has 0 spiro atoms. The van der Waals surface area contributed by atoms with Crippen molar-refractivity contribution in [2.45, 2.75) is 25.4 Å². The molecule has 1 amide bonds. The van der Waals surface area contributed by atoms with Crippen LogP contribution in [-0.2, 0) is 11.3 Å². The predicted octanol–water partition coefficient (Wildman–Crippen LogP) is 2.24. The fourth-order valence-electron chi connectivity index (χ4n) is 2.41. The van der Waals surface area contributed by atoms with Crippen molar-refractivity contribution in [3.05, 3.63) is 54.2 Å². The highest BCUT2D eigenvalue weighted by Crippen LogP contribution is 2.18. The van der Waals surface area contributed by atoms with Gasteiger partial charge in [-0.1, -0.05) is 24.3 Å². The number of nitrogens with zero attached hydrogens (tertiary/aromatic N) is 1. The summed E-state index contributed by atoms with van der Waals surface area (Å²) < 4.78 is 5.63. The Kier molecular flexibility index (Phi) is 4.65. The van der Waals surface area contributed by atoms with Crippen LogP contribution in [0.1, 0.15) is 18.4 Å². The van der Waals surface area contributed by atoms with Gasteiger partial charge in [0.05, 0.1) is 6.04 Å². The third-order valence-corrected chi connectivity index (χ3v) is 3.61. The highest BCUT2D eigenvalue weighted by Gasteiger charge is 2.21. The van der Waals surface area contributed by atoms with Gasteiger partial charge in [-0.2, -0.15) is 0 Å². The van der Waals surface area contributed by atoms with Crippen LogP contribution in [0.3, 0.4) is 0 Å². The number of pyridine rings is 1. The van der Waals surface area contributed by atoms with Gasteiger partial charge in [0.15, 0.2) is 0 Å². The van der Waals surface area contributed by atoms with Gasteiger partial charge in [-0.05, 0) is 37.1 Å². The molecule has 1 aromatic heterocycles. The standard InChI is InChI=1S/C17H19N3O2/c21-17(15-7-4-10-18-15)20-12-13-8-9-16(19-11-13)22-14-5-2-1-3-6-14/h1-3,5-6,8-9,11,15,18H,4,7,10,12H2,(H,20,21). The van der Waals surface area contributed by atoms with Gasteiger partial charge in [0.25, 0.3) is 0 Å². The van der Waals surface area contributed by atoms with Crippen molar-refractivity contribution in [3.8, 4) is 11.6 Å². The first-order valence-corrected chi connectivity index (χ1v) is 7.50. The lowest BCUT2D eigenvalue weighted by atomic mass is 10.2. The van der Waals surface area contributed by atoms with Crippen molar-refractivity contribution in [1.82, 2.24) is 15.6 Å². The molecule has 1 fully saturated rings. The molecule has 1 saturated heterocycles. The number of ether oxygens (including phenoxy) is 1. The molecule has 114 valence electrons. The van der Waals surface area contributed by atoms with E-state index in [1.165, 1.54) is 0 Å². The molecule has 1 unspecified atom stereocenters. The summed E-state index contributed by atoms with van der Waals surface area (Å²) in [5.41, 5.74) is 0.951. The Morgan fingerprint density at radius 3 is 2.82 bits per heavy atom. The Morgan fingerprint density at radius 2 is 2.14 bits per heavy atom. The number of hydrogen-bond acceptors (Lipinski definition) is 4. The van der Waals surface area contributed by atoms with Crippen LogP contribution in [0, 0.1) is 0 Å². The van der Waals surface area contributed by atoms with E-state index in [1.807, 2.05) is 42.5 Å². The van der Waals surface area contributed by atoms with E-state index < -0.39 is 0 Å². The van der Waals surface area contributed by atoms with Gasteiger partial charge >= 0.3 is 0 Å². The van der Waals surface area contributed by atoms with Crippen LogP contribution in [0.15, 0.2) is 48.7 Å². The number of hydrogen-bond donors (Lipinski definition) is 2. The van der Waals surface area contributed by atoms with Crippen molar-refractivity contribution in [1.29, 1.82) is 0 Å². The molecule has 22 heavy (non-hydrogen) atoms. The maximum atomic E-state index is 11.9. The first kappa shape index (κ1) is 14.5. The number of aromatic nitrogens is 1. The predicted molar refractivity (Wildman–Crippen MR) is 83.6 cm³/mol. The quantitative estimate of drug-likeness (QED) is 0.888. The Morgan fingerprint density at radius 1 is 1.27 bits per heavy atom. The summed E-state index contributed by atoms with van der Waals surface area (Å²) >= 11 is 0. The summed E-state index contributed by atoms with van der Waals surface area (Å²) in [6.07, 6.45) is 3.69. The Hall–Kier alpha value is -2.40. The Bertz CT molecular complexity index is 608. The summed E-state index contributed by atoms with van der Waals surface area (Å²) in [5.74, 6) is 1.35. The second-order valence-electron chi connectivity index (χ2n) is 5.29. The van der Waals surface area contributed by atoms with Crippen LogP contribution < -0.4 is 15.4 Å². The molecular formula is C17H19N3O2. The summed E-state index contributed by atoms with van der Waals surface area (Å²) in [6, 6.07) is 13.2. The highest BCUT2D eigenvalue weighted by molar-refractivity contribution is 5.81. The van der Waals surface area contributed by atoms with Crippen LogP contribution in [0.25, 0.3) is 0 Å². The zero-order valence-corrected chi connectivity index (χ0v) is 12.3. The van der Waals surface area contributed by atoms with Gasteiger partial charge in [0, 0.05) is 18.8 Å². The van der Waals surface area contributed by atoms with Crippen molar-refractivity contribution in [2.75, 3.05) is 6.54 Å². The molecule has 5 heteroatoms. The summed E-state index contributed by atoms with van der Waals surface area (Å²) in [5, 5.41) is 6.11. The van der Waals surface area contributed by atoms with Gasteiger partial charge in [-0.25, -0.2) is 4.98 Å². The second kappa shape index (κ2) is 7.04. The average Bonchev–Trinajstić information content (AvgIpc) is 3.09. The number of carbonyl (C=O) groups excluding carboxylic acids is 1. The van der Waals surface area contributed by atoms with E-state index in [1.54, 1.807) is 6.20 Å². The van der Waals surface area contributed by atoms with Gasteiger partial charge in [-0.15, -0.1) is 0 Å². The third kappa shape index (κ3) is 3.83. The minimum atomic E-state index is -0.0475. The lowest BCUT2D eigenvalue weighted by Crippen LogP contribution is -2.40. The van der Waals surface area contributed by atoms with Crippen molar-refractivity contribution in [2.24, 2.45) is 0 Å². The first-order chi connectivity index (χ1) is 10.8. The van der Waals surface area contributed by atoms with Gasteiger partial charge in [0.1, 0.15) is 5.75 Å². The number of benzene rings is 1. The largest absolute Gasteiger partial charge is 0.439 e. The van der Waals surface area contributed by atoms with E-state index in [9.17, 15) is 4.79 Å². The van der Waals surface area contributed by atoms with Gasteiger partial charge < -0.3 is 15.4 Å². The minimum absolute atomic E-state index is 0.0475.